The lowest BCUT2D eigenvalue weighted by Gasteiger charge is -2.39. The number of carboxylic acids is 1. The summed E-state index contributed by atoms with van der Waals surface area (Å²) in [4.78, 5) is 46.5. The molecular weight excluding hydrogens is 577 g/mol. The number of piperidine rings is 1. The molecule has 1 unspecified atom stereocenters. The van der Waals surface area contributed by atoms with Gasteiger partial charge in [-0.05, 0) is 61.6 Å². The number of aliphatic carboxylic acids is 1. The topological polar surface area (TPSA) is 138 Å². The van der Waals surface area contributed by atoms with Gasteiger partial charge in [0.15, 0.2) is 0 Å². The Hall–Kier alpha value is -2.88. The van der Waals surface area contributed by atoms with E-state index in [-0.39, 0.29) is 42.5 Å². The van der Waals surface area contributed by atoms with Crippen LogP contribution in [0.1, 0.15) is 80.7 Å². The summed E-state index contributed by atoms with van der Waals surface area (Å²) >= 11 is 0. The Balaban J connectivity index is 0.00000242. The molecule has 230 valence electrons. The number of nitrogen functional groups attached to an aromatic ring is 1. The SMILES string of the molecule is Cc1nc(N)ccc1CNC(=O)[C@]12C[C@H]1CCCN2C(=O)[C@@H](CC1CCCCC1)NC(C(=O)O)c1ccccc1.Cl.Cl. The number of carbonyl (C=O) groups excluding carboxylic acids is 2. The van der Waals surface area contributed by atoms with Crippen molar-refractivity contribution in [2.45, 2.75) is 88.9 Å². The summed E-state index contributed by atoms with van der Waals surface area (Å²) in [6.45, 7) is 2.67. The molecule has 0 bridgehead atoms. The number of pyridine rings is 1. The van der Waals surface area contributed by atoms with Gasteiger partial charge in [0.25, 0.3) is 0 Å². The van der Waals surface area contributed by atoms with E-state index in [1.165, 1.54) is 6.42 Å². The standard InChI is InChI=1S/C31H41N5O4.2ClH/c1-20-23(14-15-26(32)34-20)19-33-30(40)31-18-24(31)13-8-16-36(31)28(37)25(17-21-9-4-2-5-10-21)35-27(29(38)39)22-11-6-3-7-12-22;;/h3,6-7,11-12,14-15,21,24-25,27,35H,2,4-5,8-10,13,16-19H2,1H3,(H2,32,34)(H,33,40)(H,38,39);2*1H/t24-,25-,27?,31+;;/m1../s1. The molecule has 5 rings (SSSR count). The van der Waals surface area contributed by atoms with Crippen LogP contribution in [0.25, 0.3) is 0 Å². The average Bonchev–Trinajstić information content (AvgIpc) is 3.71. The molecule has 1 aromatic heterocycles. The molecule has 5 N–H and O–H groups in total. The summed E-state index contributed by atoms with van der Waals surface area (Å²) in [5.74, 6) is -0.410. The highest BCUT2D eigenvalue weighted by atomic mass is 35.5. The lowest BCUT2D eigenvalue weighted by molar-refractivity contribution is -0.147. The number of carbonyl (C=O) groups is 3. The van der Waals surface area contributed by atoms with Crippen molar-refractivity contribution in [1.29, 1.82) is 0 Å². The quantitative estimate of drug-likeness (QED) is 0.306. The van der Waals surface area contributed by atoms with Gasteiger partial charge >= 0.3 is 5.97 Å². The van der Waals surface area contributed by atoms with Gasteiger partial charge in [-0.1, -0.05) is 68.5 Å². The molecule has 2 aromatic rings. The third-order valence-corrected chi connectivity index (χ3v) is 9.14. The Morgan fingerprint density at radius 2 is 1.76 bits per heavy atom. The fourth-order valence-corrected chi connectivity index (χ4v) is 6.86. The van der Waals surface area contributed by atoms with Crippen LogP contribution in [0, 0.1) is 18.8 Å². The molecule has 4 atom stereocenters. The van der Waals surface area contributed by atoms with Crippen LogP contribution in [0.5, 0.6) is 0 Å². The first-order chi connectivity index (χ1) is 19.3. The number of fused-ring (bicyclic) bond motifs is 1. The predicted molar refractivity (Wildman–Crippen MR) is 166 cm³/mol. The molecule has 0 spiro atoms. The Morgan fingerprint density at radius 3 is 2.43 bits per heavy atom. The normalized spacial score (nSPS) is 22.9. The van der Waals surface area contributed by atoms with Gasteiger partial charge in [-0.3, -0.25) is 19.7 Å². The van der Waals surface area contributed by atoms with Gasteiger partial charge in [-0.2, -0.15) is 0 Å². The van der Waals surface area contributed by atoms with E-state index in [9.17, 15) is 19.5 Å². The van der Waals surface area contributed by atoms with Crippen LogP contribution in [0.2, 0.25) is 0 Å². The summed E-state index contributed by atoms with van der Waals surface area (Å²) in [6, 6.07) is 10.9. The van der Waals surface area contributed by atoms with Crippen LogP contribution in [-0.2, 0) is 20.9 Å². The van der Waals surface area contributed by atoms with Crippen molar-refractivity contribution in [1.82, 2.24) is 20.5 Å². The van der Waals surface area contributed by atoms with E-state index in [1.54, 1.807) is 23.1 Å². The number of hydrogen-bond acceptors (Lipinski definition) is 6. The number of halogens is 2. The molecule has 2 aliphatic carbocycles. The molecule has 0 radical (unpaired) electrons. The third-order valence-electron chi connectivity index (χ3n) is 9.14. The Kier molecular flexibility index (Phi) is 11.6. The smallest absolute Gasteiger partial charge is 0.325 e. The first-order valence-electron chi connectivity index (χ1n) is 14.6. The van der Waals surface area contributed by atoms with Gasteiger partial charge < -0.3 is 21.1 Å². The number of rotatable bonds is 10. The van der Waals surface area contributed by atoms with Crippen LogP contribution >= 0.6 is 24.8 Å². The van der Waals surface area contributed by atoms with Crippen molar-refractivity contribution < 1.29 is 19.5 Å². The minimum absolute atomic E-state index is 0. The molecule has 1 aliphatic heterocycles. The Bertz CT molecular complexity index is 1240. The largest absolute Gasteiger partial charge is 0.480 e. The highest BCUT2D eigenvalue weighted by molar-refractivity contribution is 5.96. The lowest BCUT2D eigenvalue weighted by Crippen LogP contribution is -2.60. The second-order valence-corrected chi connectivity index (χ2v) is 11.8. The van der Waals surface area contributed by atoms with E-state index in [0.29, 0.717) is 43.2 Å². The van der Waals surface area contributed by atoms with Crippen LogP contribution < -0.4 is 16.4 Å². The van der Waals surface area contributed by atoms with Crippen LogP contribution in [0.4, 0.5) is 5.82 Å². The van der Waals surface area contributed by atoms with Gasteiger partial charge in [0.1, 0.15) is 17.4 Å². The number of benzene rings is 1. The van der Waals surface area contributed by atoms with Gasteiger partial charge in [0.2, 0.25) is 11.8 Å². The molecule has 2 saturated carbocycles. The number of likely N-dealkylation sites (tertiary alicyclic amines) is 1. The Morgan fingerprint density at radius 1 is 1.05 bits per heavy atom. The number of nitrogens with one attached hydrogen (secondary N) is 2. The second-order valence-electron chi connectivity index (χ2n) is 11.8. The zero-order chi connectivity index (χ0) is 28.3. The fraction of sp³-hybridized carbons (Fsp3) is 0.548. The maximum Gasteiger partial charge on any atom is 0.325 e. The molecule has 3 fully saturated rings. The first kappa shape index (κ1) is 33.6. The number of aryl methyl sites for hydroxylation is 1. The molecular formula is C31H43Cl2N5O4. The van der Waals surface area contributed by atoms with E-state index < -0.39 is 23.6 Å². The molecule has 2 amide bonds. The number of amides is 2. The maximum atomic E-state index is 14.3. The zero-order valence-electron chi connectivity index (χ0n) is 24.1. The molecule has 9 nitrogen and oxygen atoms in total. The summed E-state index contributed by atoms with van der Waals surface area (Å²) < 4.78 is 0. The monoisotopic (exact) mass is 619 g/mol. The second kappa shape index (κ2) is 14.5. The molecule has 2 heterocycles. The minimum Gasteiger partial charge on any atom is -0.480 e. The van der Waals surface area contributed by atoms with Crippen LogP contribution in [-0.4, -0.2) is 50.9 Å². The molecule has 1 saturated heterocycles. The average molecular weight is 621 g/mol. The summed E-state index contributed by atoms with van der Waals surface area (Å²) in [5.41, 5.74) is 7.16. The van der Waals surface area contributed by atoms with E-state index in [1.807, 2.05) is 31.2 Å². The highest BCUT2D eigenvalue weighted by Crippen LogP contribution is 2.54. The highest BCUT2D eigenvalue weighted by Gasteiger charge is 2.66. The summed E-state index contributed by atoms with van der Waals surface area (Å²) in [6.07, 6.45) is 8.49. The maximum absolute atomic E-state index is 14.3. The number of hydrogen-bond donors (Lipinski definition) is 4. The molecule has 42 heavy (non-hydrogen) atoms. The Labute approximate surface area is 260 Å². The fourth-order valence-electron chi connectivity index (χ4n) is 6.86. The van der Waals surface area contributed by atoms with Crippen molar-refractivity contribution in [2.24, 2.45) is 11.8 Å². The van der Waals surface area contributed by atoms with Gasteiger partial charge in [0.05, 0.1) is 6.04 Å². The zero-order valence-corrected chi connectivity index (χ0v) is 25.7. The summed E-state index contributed by atoms with van der Waals surface area (Å²) in [7, 11) is 0. The predicted octanol–water partition coefficient (Wildman–Crippen LogP) is 4.57. The molecule has 1 aromatic carbocycles. The van der Waals surface area contributed by atoms with E-state index in [4.69, 9.17) is 5.73 Å². The van der Waals surface area contributed by atoms with Crippen molar-refractivity contribution >= 4 is 48.4 Å². The van der Waals surface area contributed by atoms with Gasteiger partial charge in [-0.15, -0.1) is 24.8 Å². The van der Waals surface area contributed by atoms with Gasteiger partial charge in [0, 0.05) is 18.8 Å². The minimum atomic E-state index is -1.02. The van der Waals surface area contributed by atoms with Crippen LogP contribution in [0.3, 0.4) is 0 Å². The lowest BCUT2D eigenvalue weighted by atomic mass is 9.84. The molecule has 11 heteroatoms. The number of carboxylic acid groups (broad SMARTS) is 1. The number of anilines is 1. The van der Waals surface area contributed by atoms with E-state index >= 15 is 0 Å². The van der Waals surface area contributed by atoms with Crippen molar-refractivity contribution in [2.75, 3.05) is 12.3 Å². The van der Waals surface area contributed by atoms with Gasteiger partial charge in [-0.25, -0.2) is 4.98 Å². The first-order valence-corrected chi connectivity index (χ1v) is 14.6. The molecule has 3 aliphatic rings. The third kappa shape index (κ3) is 7.18. The van der Waals surface area contributed by atoms with Crippen molar-refractivity contribution in [3.8, 4) is 0 Å². The van der Waals surface area contributed by atoms with E-state index in [2.05, 4.69) is 15.6 Å². The number of nitrogens with zero attached hydrogens (tertiary/aromatic N) is 2. The van der Waals surface area contributed by atoms with Crippen molar-refractivity contribution in [3.05, 3.63) is 59.3 Å². The van der Waals surface area contributed by atoms with E-state index in [0.717, 1.165) is 49.8 Å². The number of aromatic nitrogens is 1. The van der Waals surface area contributed by atoms with Crippen LogP contribution in [0.15, 0.2) is 42.5 Å². The summed E-state index contributed by atoms with van der Waals surface area (Å²) in [5, 5.41) is 16.4. The number of nitrogens with two attached hydrogens (primary N) is 1. The van der Waals surface area contributed by atoms with Crippen molar-refractivity contribution in [3.63, 3.8) is 0 Å².